The van der Waals surface area contributed by atoms with E-state index in [1.807, 2.05) is 0 Å². The molecule has 8 amide bonds. The smallest absolute Gasteiger partial charge is 0.253 e. The summed E-state index contributed by atoms with van der Waals surface area (Å²) in [6.45, 7) is 1.26. The molecule has 36 heavy (non-hydrogen) atoms. The number of carbonyl (C=O) groups excluding carboxylic acids is 8. The molecule has 0 aliphatic carbocycles. The molecule has 4 heterocycles. The van der Waals surface area contributed by atoms with Crippen LogP contribution in [0, 0.1) is 0 Å². The molecule has 0 bridgehead atoms. The monoisotopic (exact) mass is 496 g/mol. The molecule has 4 rings (SSSR count). The number of unbranched alkanes of at least 4 members (excludes halogenated alkanes) is 2. The number of hydrogen-bond acceptors (Lipinski definition) is 8. The van der Waals surface area contributed by atoms with Crippen LogP contribution in [0.5, 0.6) is 0 Å². The number of amides is 8. The standard InChI is InChI=1S/2C12H12N2O4/c2*15-9-3-4-10(16)13(9)7-1-2-8-14-11(17)5-6-12(14)18/h2*3-6H,1-2,7-8H2. The Kier molecular flexibility index (Phi) is 8.55. The summed E-state index contributed by atoms with van der Waals surface area (Å²) in [6.07, 6.45) is 12.1. The average Bonchev–Trinajstić information content (AvgIpc) is 3.55. The number of nitrogens with zero attached hydrogens (tertiary/aromatic N) is 4. The second-order valence-corrected chi connectivity index (χ2v) is 8.06. The van der Waals surface area contributed by atoms with E-state index in [9.17, 15) is 38.4 Å². The van der Waals surface area contributed by atoms with Gasteiger partial charge in [0, 0.05) is 74.8 Å². The number of hydrogen-bond donors (Lipinski definition) is 0. The topological polar surface area (TPSA) is 150 Å². The van der Waals surface area contributed by atoms with Crippen LogP contribution in [-0.4, -0.2) is 93.0 Å². The fourth-order valence-electron chi connectivity index (χ4n) is 3.69. The first-order valence-electron chi connectivity index (χ1n) is 11.3. The third-order valence-electron chi connectivity index (χ3n) is 5.63. The Labute approximate surface area is 206 Å². The third-order valence-corrected chi connectivity index (χ3v) is 5.63. The Bertz CT molecular complexity index is 885. The first kappa shape index (κ1) is 26.1. The van der Waals surface area contributed by atoms with Crippen LogP contribution in [0.2, 0.25) is 0 Å². The van der Waals surface area contributed by atoms with Crippen molar-refractivity contribution in [1.29, 1.82) is 0 Å². The molecule has 0 unspecified atom stereocenters. The zero-order chi connectivity index (χ0) is 26.2. The van der Waals surface area contributed by atoms with Gasteiger partial charge in [-0.25, -0.2) is 0 Å². The maximum Gasteiger partial charge on any atom is 0.253 e. The summed E-state index contributed by atoms with van der Waals surface area (Å²) >= 11 is 0. The van der Waals surface area contributed by atoms with E-state index in [0.717, 1.165) is 19.6 Å². The second-order valence-electron chi connectivity index (χ2n) is 8.06. The highest BCUT2D eigenvalue weighted by atomic mass is 16.2. The highest BCUT2D eigenvalue weighted by Gasteiger charge is 2.26. The molecule has 0 N–H and O–H groups in total. The molecule has 0 saturated heterocycles. The summed E-state index contributed by atoms with van der Waals surface area (Å²) < 4.78 is 0. The molecule has 0 spiro atoms. The lowest BCUT2D eigenvalue weighted by Crippen LogP contribution is -2.33. The van der Waals surface area contributed by atoms with Gasteiger partial charge in [-0.2, -0.15) is 0 Å². The van der Waals surface area contributed by atoms with Crippen molar-refractivity contribution in [3.63, 3.8) is 0 Å². The van der Waals surface area contributed by atoms with Crippen LogP contribution in [0.25, 0.3) is 0 Å². The van der Waals surface area contributed by atoms with Gasteiger partial charge in [0.05, 0.1) is 0 Å². The molecule has 0 saturated carbocycles. The first-order valence-corrected chi connectivity index (χ1v) is 11.3. The molecular formula is C24H24N4O8. The van der Waals surface area contributed by atoms with Gasteiger partial charge in [-0.1, -0.05) is 0 Å². The molecule has 12 nitrogen and oxygen atoms in total. The lowest BCUT2D eigenvalue weighted by atomic mass is 10.2. The molecule has 4 aliphatic rings. The van der Waals surface area contributed by atoms with Crippen molar-refractivity contribution in [1.82, 2.24) is 19.6 Å². The number of carbonyl (C=O) groups is 8. The van der Waals surface area contributed by atoms with E-state index in [1.165, 1.54) is 48.6 Å². The molecular weight excluding hydrogens is 472 g/mol. The minimum Gasteiger partial charge on any atom is -0.275 e. The number of rotatable bonds is 10. The molecule has 0 radical (unpaired) electrons. The van der Waals surface area contributed by atoms with E-state index < -0.39 is 0 Å². The Morgan fingerprint density at radius 2 is 0.444 bits per heavy atom. The lowest BCUT2D eigenvalue weighted by molar-refractivity contribution is -0.139. The van der Waals surface area contributed by atoms with Crippen molar-refractivity contribution in [2.24, 2.45) is 0 Å². The minimum atomic E-state index is -0.310. The average molecular weight is 496 g/mol. The van der Waals surface area contributed by atoms with Crippen LogP contribution in [0.4, 0.5) is 0 Å². The predicted molar refractivity (Wildman–Crippen MR) is 122 cm³/mol. The van der Waals surface area contributed by atoms with Gasteiger partial charge in [-0.05, 0) is 25.7 Å². The SMILES string of the molecule is O=C1C=CC(=O)N1CCCCN1C(=O)C=CC1=O.O=C1C=CC(=O)N1CCCCN1C(=O)C=CC1=O. The summed E-state index contributed by atoms with van der Waals surface area (Å²) in [5.74, 6) is -2.48. The van der Waals surface area contributed by atoms with Gasteiger partial charge < -0.3 is 0 Å². The van der Waals surface area contributed by atoms with Gasteiger partial charge in [0.25, 0.3) is 47.3 Å². The minimum absolute atomic E-state index is 0.310. The lowest BCUT2D eigenvalue weighted by Gasteiger charge is -2.16. The summed E-state index contributed by atoms with van der Waals surface area (Å²) in [5.41, 5.74) is 0. The molecule has 0 fully saturated rings. The normalized spacial score (nSPS) is 18.7. The van der Waals surface area contributed by atoms with Crippen molar-refractivity contribution in [2.75, 3.05) is 26.2 Å². The van der Waals surface area contributed by atoms with Crippen LogP contribution in [0.3, 0.4) is 0 Å². The second kappa shape index (κ2) is 11.8. The van der Waals surface area contributed by atoms with Crippen molar-refractivity contribution in [2.45, 2.75) is 25.7 Å². The molecule has 0 aromatic heterocycles. The van der Waals surface area contributed by atoms with E-state index in [1.54, 1.807) is 0 Å². The van der Waals surface area contributed by atoms with Crippen molar-refractivity contribution >= 4 is 47.3 Å². The highest BCUT2D eigenvalue weighted by Crippen LogP contribution is 2.10. The Morgan fingerprint density at radius 3 is 0.583 bits per heavy atom. The summed E-state index contributed by atoms with van der Waals surface area (Å²) in [6, 6.07) is 0. The fourth-order valence-corrected chi connectivity index (χ4v) is 3.69. The third kappa shape index (κ3) is 6.34. The van der Waals surface area contributed by atoms with E-state index in [-0.39, 0.29) is 47.3 Å². The largest absolute Gasteiger partial charge is 0.275 e. The van der Waals surface area contributed by atoms with Gasteiger partial charge in [-0.3, -0.25) is 58.0 Å². The van der Waals surface area contributed by atoms with Crippen molar-refractivity contribution in [3.05, 3.63) is 48.6 Å². The van der Waals surface area contributed by atoms with Crippen LogP contribution in [-0.2, 0) is 38.4 Å². The van der Waals surface area contributed by atoms with Crippen LogP contribution in [0.15, 0.2) is 48.6 Å². The summed E-state index contributed by atoms with van der Waals surface area (Å²) in [7, 11) is 0. The molecule has 12 heteroatoms. The zero-order valence-corrected chi connectivity index (χ0v) is 19.3. The molecule has 4 aliphatic heterocycles. The zero-order valence-electron chi connectivity index (χ0n) is 19.3. The van der Waals surface area contributed by atoms with Gasteiger partial charge in [0.1, 0.15) is 0 Å². The summed E-state index contributed by atoms with van der Waals surface area (Å²) in [5, 5.41) is 0. The molecule has 0 atom stereocenters. The Balaban J connectivity index is 0.000000201. The van der Waals surface area contributed by atoms with E-state index in [2.05, 4.69) is 0 Å². The quantitative estimate of drug-likeness (QED) is 0.283. The Hall–Kier alpha value is -4.48. The molecule has 0 aromatic carbocycles. The van der Waals surface area contributed by atoms with Crippen LogP contribution in [0.1, 0.15) is 25.7 Å². The van der Waals surface area contributed by atoms with Gasteiger partial charge in [0.15, 0.2) is 0 Å². The fraction of sp³-hybridized carbons (Fsp3) is 0.333. The highest BCUT2D eigenvalue weighted by molar-refractivity contribution is 6.14. The predicted octanol–water partition coefficient (Wildman–Crippen LogP) is -0.767. The Morgan fingerprint density at radius 1 is 0.306 bits per heavy atom. The van der Waals surface area contributed by atoms with Crippen molar-refractivity contribution < 1.29 is 38.4 Å². The van der Waals surface area contributed by atoms with Crippen molar-refractivity contribution in [3.8, 4) is 0 Å². The van der Waals surface area contributed by atoms with Gasteiger partial charge in [0.2, 0.25) is 0 Å². The van der Waals surface area contributed by atoms with E-state index >= 15 is 0 Å². The van der Waals surface area contributed by atoms with Gasteiger partial charge >= 0.3 is 0 Å². The molecule has 188 valence electrons. The maximum atomic E-state index is 11.2. The maximum absolute atomic E-state index is 11.2. The van der Waals surface area contributed by atoms with Gasteiger partial charge in [-0.15, -0.1) is 0 Å². The van der Waals surface area contributed by atoms with E-state index in [0.29, 0.717) is 51.9 Å². The van der Waals surface area contributed by atoms with Crippen LogP contribution >= 0.6 is 0 Å². The summed E-state index contributed by atoms with van der Waals surface area (Å²) in [4.78, 5) is 94.4. The molecule has 0 aromatic rings. The van der Waals surface area contributed by atoms with Crippen LogP contribution < -0.4 is 0 Å². The number of imide groups is 4. The first-order chi connectivity index (χ1) is 17.2. The van der Waals surface area contributed by atoms with E-state index in [4.69, 9.17) is 0 Å².